The summed E-state index contributed by atoms with van der Waals surface area (Å²) < 4.78 is 15.4. The molecule has 4 nitrogen and oxygen atoms in total. The first kappa shape index (κ1) is 22.3. The maximum atomic E-state index is 11.1. The molecule has 0 saturated heterocycles. The minimum atomic E-state index is -2.23. The van der Waals surface area contributed by atoms with E-state index in [1.165, 1.54) is 41.5 Å². The Bertz CT molecular complexity index is 343. The van der Waals surface area contributed by atoms with Gasteiger partial charge in [0.05, 0.1) is 0 Å². The van der Waals surface area contributed by atoms with E-state index in [1.54, 1.807) is 0 Å². The van der Waals surface area contributed by atoms with Gasteiger partial charge >= 0.3 is 146 Å². The van der Waals surface area contributed by atoms with Crippen molar-refractivity contribution in [1.82, 2.24) is 0 Å². The molecular weight excluding hydrogens is 371 g/mol. The first-order valence-electron chi connectivity index (χ1n) is 8.62. The number of esters is 2. The minimum absolute atomic E-state index is 0.340. The molecule has 0 atom stereocenters. The van der Waals surface area contributed by atoms with Crippen LogP contribution in [0.25, 0.3) is 0 Å². The SMILES string of the molecule is C=CC(=O)OCC[CH2][Zr]([CH2]CC)([CH2]CC)[CH2]CCOC(=O)C=C. The fourth-order valence-electron chi connectivity index (χ4n) is 3.17. The van der Waals surface area contributed by atoms with Gasteiger partial charge in [-0.1, -0.05) is 0 Å². The molecule has 0 aromatic rings. The Hall–Kier alpha value is -0.697. The van der Waals surface area contributed by atoms with E-state index in [0.29, 0.717) is 13.2 Å². The first-order chi connectivity index (χ1) is 11.0. The van der Waals surface area contributed by atoms with Crippen molar-refractivity contribution < 1.29 is 39.3 Å². The average molecular weight is 404 g/mol. The van der Waals surface area contributed by atoms with Crippen LogP contribution in [0.15, 0.2) is 25.3 Å². The van der Waals surface area contributed by atoms with Crippen LogP contribution in [-0.2, 0) is 39.3 Å². The van der Waals surface area contributed by atoms with Gasteiger partial charge in [-0.05, 0) is 0 Å². The number of carbonyl (C=O) groups excluding carboxylic acids is 2. The number of rotatable bonds is 14. The van der Waals surface area contributed by atoms with E-state index in [9.17, 15) is 9.59 Å². The van der Waals surface area contributed by atoms with Crippen molar-refractivity contribution in [3.63, 3.8) is 0 Å². The molecule has 0 aliphatic heterocycles. The first-order valence-corrected chi connectivity index (χ1v) is 15.6. The van der Waals surface area contributed by atoms with E-state index < -0.39 is 20.3 Å². The molecule has 0 heterocycles. The second kappa shape index (κ2) is 13.7. The van der Waals surface area contributed by atoms with Gasteiger partial charge in [-0.15, -0.1) is 0 Å². The van der Waals surface area contributed by atoms with Crippen molar-refractivity contribution in [2.75, 3.05) is 13.2 Å². The summed E-state index contributed by atoms with van der Waals surface area (Å²) in [6, 6.07) is 0. The third-order valence-corrected chi connectivity index (χ3v) is 18.7. The summed E-state index contributed by atoms with van der Waals surface area (Å²) in [5.74, 6) is -0.679. The van der Waals surface area contributed by atoms with Crippen LogP contribution in [0.3, 0.4) is 0 Å². The third-order valence-electron chi connectivity index (χ3n) is 4.09. The van der Waals surface area contributed by atoms with E-state index in [0.717, 1.165) is 12.8 Å². The molecule has 0 aliphatic carbocycles. The molecule has 0 fully saturated rings. The van der Waals surface area contributed by atoms with Gasteiger partial charge in [-0.3, -0.25) is 0 Å². The van der Waals surface area contributed by atoms with E-state index in [1.807, 2.05) is 0 Å². The fraction of sp³-hybridized carbons (Fsp3) is 0.667. The zero-order valence-electron chi connectivity index (χ0n) is 14.8. The molecule has 0 saturated carbocycles. The normalized spacial score (nSPS) is 10.9. The van der Waals surface area contributed by atoms with Crippen molar-refractivity contribution in [2.45, 2.75) is 56.0 Å². The zero-order chi connectivity index (χ0) is 17.6. The van der Waals surface area contributed by atoms with E-state index in [4.69, 9.17) is 9.47 Å². The van der Waals surface area contributed by atoms with Crippen LogP contribution in [0.5, 0.6) is 0 Å². The van der Waals surface area contributed by atoms with Crippen molar-refractivity contribution in [3.05, 3.63) is 25.3 Å². The van der Waals surface area contributed by atoms with Crippen LogP contribution in [0.1, 0.15) is 39.5 Å². The predicted octanol–water partition coefficient (Wildman–Crippen LogP) is 4.87. The van der Waals surface area contributed by atoms with E-state index >= 15 is 0 Å². The van der Waals surface area contributed by atoms with Crippen molar-refractivity contribution in [1.29, 1.82) is 0 Å². The van der Waals surface area contributed by atoms with Crippen LogP contribution < -0.4 is 0 Å². The molecule has 0 amide bonds. The van der Waals surface area contributed by atoms with Gasteiger partial charge in [0.25, 0.3) is 0 Å². The Balaban J connectivity index is 4.42. The molecule has 5 heteroatoms. The van der Waals surface area contributed by atoms with Gasteiger partial charge in [0.1, 0.15) is 0 Å². The van der Waals surface area contributed by atoms with Gasteiger partial charge in [0, 0.05) is 0 Å². The van der Waals surface area contributed by atoms with Crippen LogP contribution in [0, 0.1) is 0 Å². The quantitative estimate of drug-likeness (QED) is 0.236. The average Bonchev–Trinajstić information content (AvgIpc) is 2.55. The molecule has 23 heavy (non-hydrogen) atoms. The van der Waals surface area contributed by atoms with Crippen molar-refractivity contribution in [2.24, 2.45) is 0 Å². The summed E-state index contributed by atoms with van der Waals surface area (Å²) in [7, 11) is 0. The molecular formula is C18H32O4Zr. The summed E-state index contributed by atoms with van der Waals surface area (Å²) in [5, 5.41) is 0. The second-order valence-corrected chi connectivity index (χ2v) is 18.2. The number of hydrogen-bond acceptors (Lipinski definition) is 4. The summed E-state index contributed by atoms with van der Waals surface area (Å²) >= 11 is -2.23. The second-order valence-electron chi connectivity index (χ2n) is 5.95. The van der Waals surface area contributed by atoms with Gasteiger partial charge < -0.3 is 0 Å². The predicted molar refractivity (Wildman–Crippen MR) is 91.4 cm³/mol. The molecule has 0 spiro atoms. The summed E-state index contributed by atoms with van der Waals surface area (Å²) in [6.45, 7) is 12.3. The molecule has 0 aliphatic rings. The number of ether oxygens (including phenoxy) is 2. The Morgan fingerprint density at radius 1 is 0.826 bits per heavy atom. The van der Waals surface area contributed by atoms with E-state index in [-0.39, 0.29) is 11.9 Å². The molecule has 0 aromatic carbocycles. The molecule has 132 valence electrons. The fourth-order valence-corrected chi connectivity index (χ4v) is 16.5. The molecule has 0 unspecified atom stereocenters. The summed E-state index contributed by atoms with van der Waals surface area (Å²) in [4.78, 5) is 22.2. The molecule has 0 N–H and O–H groups in total. The topological polar surface area (TPSA) is 52.6 Å². The van der Waals surface area contributed by atoms with E-state index in [2.05, 4.69) is 27.0 Å². The monoisotopic (exact) mass is 402 g/mol. The molecule has 0 rings (SSSR count). The van der Waals surface area contributed by atoms with Crippen molar-refractivity contribution >= 4 is 11.9 Å². The number of hydrogen-bond donors (Lipinski definition) is 0. The number of carbonyl (C=O) groups is 2. The summed E-state index contributed by atoms with van der Waals surface area (Å²) in [5.41, 5.74) is 0. The Kier molecular flexibility index (Phi) is 13.3. The van der Waals surface area contributed by atoms with Gasteiger partial charge in [0.2, 0.25) is 0 Å². The standard InChI is InChI=1S/2C6H9O2.2C3H7.Zr/c2*1-3-5-8-6(7)4-2;2*1-3-2;/h2*4H,1-3,5H2;2*1,3H2,2H3;. The summed E-state index contributed by atoms with van der Waals surface area (Å²) in [6.07, 6.45) is 6.75. The van der Waals surface area contributed by atoms with Gasteiger partial charge in [0.15, 0.2) is 0 Å². The Morgan fingerprint density at radius 2 is 1.22 bits per heavy atom. The molecule has 0 aromatic heterocycles. The Labute approximate surface area is 145 Å². The van der Waals surface area contributed by atoms with Crippen molar-refractivity contribution in [3.8, 4) is 0 Å². The molecule has 0 radical (unpaired) electrons. The zero-order valence-corrected chi connectivity index (χ0v) is 17.2. The van der Waals surface area contributed by atoms with Crippen LogP contribution >= 0.6 is 0 Å². The van der Waals surface area contributed by atoms with Crippen LogP contribution in [0.4, 0.5) is 0 Å². The third kappa shape index (κ3) is 10.6. The molecule has 0 bridgehead atoms. The maximum absolute atomic E-state index is 11.1. The van der Waals surface area contributed by atoms with Crippen LogP contribution in [0.2, 0.25) is 16.5 Å². The Morgan fingerprint density at radius 3 is 1.52 bits per heavy atom. The van der Waals surface area contributed by atoms with Gasteiger partial charge in [-0.2, -0.15) is 0 Å². The van der Waals surface area contributed by atoms with Crippen LogP contribution in [-0.4, -0.2) is 25.2 Å². The van der Waals surface area contributed by atoms with Gasteiger partial charge in [-0.25, -0.2) is 0 Å².